The first-order valence-corrected chi connectivity index (χ1v) is 6.44. The summed E-state index contributed by atoms with van der Waals surface area (Å²) in [4.78, 5) is 0. The van der Waals surface area contributed by atoms with Gasteiger partial charge in [0.25, 0.3) is 0 Å². The first kappa shape index (κ1) is 15.1. The van der Waals surface area contributed by atoms with Crippen LogP contribution in [-0.4, -0.2) is 6.61 Å². The van der Waals surface area contributed by atoms with Crippen LogP contribution in [0.25, 0.3) is 0 Å². The van der Waals surface area contributed by atoms with Crippen molar-refractivity contribution in [3.63, 3.8) is 0 Å². The number of rotatable bonds is 5. The van der Waals surface area contributed by atoms with Gasteiger partial charge in [-0.3, -0.25) is 0 Å². The highest BCUT2D eigenvalue weighted by molar-refractivity contribution is 6.30. The summed E-state index contributed by atoms with van der Waals surface area (Å²) in [6.45, 7) is -2.63. The number of ether oxygens (including phenoxy) is 1. The lowest BCUT2D eigenvalue weighted by Crippen LogP contribution is -2.07. The predicted octanol–water partition coefficient (Wildman–Crippen LogP) is 4.43. The van der Waals surface area contributed by atoms with E-state index in [1.54, 1.807) is 30.3 Å². The fourth-order valence-corrected chi connectivity index (χ4v) is 1.99. The molecule has 0 spiro atoms. The fraction of sp³-hybridized carbons (Fsp3) is 0.133. The number of anilines is 1. The maximum Gasteiger partial charge on any atom is 0.387 e. The van der Waals surface area contributed by atoms with Gasteiger partial charge in [0.05, 0.1) is 11.3 Å². The number of halogens is 3. The molecule has 0 bridgehead atoms. The van der Waals surface area contributed by atoms with Crippen LogP contribution in [0, 0.1) is 11.3 Å². The Balaban J connectivity index is 2.15. The molecular formula is C15H11ClF2N2O. The second kappa shape index (κ2) is 6.91. The zero-order chi connectivity index (χ0) is 15.2. The third-order valence-corrected chi connectivity index (χ3v) is 3.00. The number of nitriles is 1. The molecule has 0 unspecified atom stereocenters. The molecule has 6 heteroatoms. The minimum Gasteiger partial charge on any atom is -0.434 e. The Bertz CT molecular complexity index is 671. The Kier molecular flexibility index (Phi) is 4.96. The van der Waals surface area contributed by atoms with Crippen LogP contribution in [0.2, 0.25) is 5.02 Å². The van der Waals surface area contributed by atoms with Gasteiger partial charge < -0.3 is 10.1 Å². The third kappa shape index (κ3) is 4.07. The lowest BCUT2D eigenvalue weighted by Gasteiger charge is -2.13. The molecule has 0 aromatic heterocycles. The monoisotopic (exact) mass is 308 g/mol. The van der Waals surface area contributed by atoms with Gasteiger partial charge in [0, 0.05) is 17.1 Å². The lowest BCUT2D eigenvalue weighted by atomic mass is 10.1. The maximum absolute atomic E-state index is 12.3. The summed E-state index contributed by atoms with van der Waals surface area (Å²) in [5.74, 6) is 0.104. The summed E-state index contributed by atoms with van der Waals surface area (Å²) in [5.41, 5.74) is 1.53. The van der Waals surface area contributed by atoms with Gasteiger partial charge in [-0.25, -0.2) is 0 Å². The molecule has 3 nitrogen and oxygen atoms in total. The van der Waals surface area contributed by atoms with Crippen molar-refractivity contribution in [1.29, 1.82) is 5.26 Å². The quantitative estimate of drug-likeness (QED) is 0.889. The molecule has 2 aromatic carbocycles. The van der Waals surface area contributed by atoms with Crippen molar-refractivity contribution in [3.05, 3.63) is 58.6 Å². The number of benzene rings is 2. The topological polar surface area (TPSA) is 45.0 Å². The van der Waals surface area contributed by atoms with Crippen LogP contribution in [0.1, 0.15) is 11.1 Å². The van der Waals surface area contributed by atoms with Crippen LogP contribution in [-0.2, 0) is 6.54 Å². The minimum atomic E-state index is -2.88. The van der Waals surface area contributed by atoms with E-state index in [1.165, 1.54) is 12.1 Å². The Morgan fingerprint density at radius 3 is 2.71 bits per heavy atom. The van der Waals surface area contributed by atoms with Crippen LogP contribution < -0.4 is 10.1 Å². The smallest absolute Gasteiger partial charge is 0.387 e. The molecule has 0 amide bonds. The van der Waals surface area contributed by atoms with Crippen molar-refractivity contribution in [3.8, 4) is 11.8 Å². The van der Waals surface area contributed by atoms with Gasteiger partial charge in [-0.2, -0.15) is 14.0 Å². The van der Waals surface area contributed by atoms with E-state index in [-0.39, 0.29) is 12.3 Å². The molecule has 0 saturated carbocycles. The van der Waals surface area contributed by atoms with Crippen molar-refractivity contribution in [2.45, 2.75) is 13.2 Å². The average molecular weight is 309 g/mol. The highest BCUT2D eigenvalue weighted by Crippen LogP contribution is 2.24. The van der Waals surface area contributed by atoms with E-state index in [0.717, 1.165) is 0 Å². The summed E-state index contributed by atoms with van der Waals surface area (Å²) >= 11 is 5.81. The maximum atomic E-state index is 12.3. The molecule has 0 radical (unpaired) electrons. The number of nitrogens with zero attached hydrogens (tertiary/aromatic N) is 1. The van der Waals surface area contributed by atoms with E-state index in [4.69, 9.17) is 16.9 Å². The molecule has 0 aliphatic carbocycles. The predicted molar refractivity (Wildman–Crippen MR) is 76.6 cm³/mol. The van der Waals surface area contributed by atoms with Crippen LogP contribution in [0.4, 0.5) is 14.5 Å². The lowest BCUT2D eigenvalue weighted by molar-refractivity contribution is -0.0504. The number of nitrogens with one attached hydrogen (secondary N) is 1. The van der Waals surface area contributed by atoms with Crippen molar-refractivity contribution in [2.75, 3.05) is 5.32 Å². The summed E-state index contributed by atoms with van der Waals surface area (Å²) < 4.78 is 29.1. The SMILES string of the molecule is N#Cc1cc(Cl)ccc1NCc1ccccc1OC(F)F. The first-order chi connectivity index (χ1) is 10.1. The second-order valence-electron chi connectivity index (χ2n) is 4.14. The standard InChI is InChI=1S/C15H11ClF2N2O/c16-12-5-6-13(11(7-12)8-19)20-9-10-3-1-2-4-14(10)21-15(17)18/h1-7,15,20H,9H2. The van der Waals surface area contributed by atoms with Crippen molar-refractivity contribution in [2.24, 2.45) is 0 Å². The van der Waals surface area contributed by atoms with E-state index < -0.39 is 6.61 Å². The second-order valence-corrected chi connectivity index (χ2v) is 4.58. The van der Waals surface area contributed by atoms with E-state index in [9.17, 15) is 8.78 Å². The zero-order valence-electron chi connectivity index (χ0n) is 10.8. The van der Waals surface area contributed by atoms with Crippen molar-refractivity contribution >= 4 is 17.3 Å². The Hall–Kier alpha value is -2.32. The Labute approximate surface area is 125 Å². The van der Waals surface area contributed by atoms with E-state index in [1.807, 2.05) is 6.07 Å². The largest absolute Gasteiger partial charge is 0.434 e. The van der Waals surface area contributed by atoms with E-state index in [0.29, 0.717) is 21.8 Å². The normalized spacial score (nSPS) is 10.2. The fourth-order valence-electron chi connectivity index (χ4n) is 1.81. The number of hydrogen-bond donors (Lipinski definition) is 1. The average Bonchev–Trinajstić information content (AvgIpc) is 2.46. The number of alkyl halides is 2. The van der Waals surface area contributed by atoms with Gasteiger partial charge in [-0.05, 0) is 24.3 Å². The molecule has 21 heavy (non-hydrogen) atoms. The van der Waals surface area contributed by atoms with Crippen LogP contribution in [0.5, 0.6) is 5.75 Å². The molecule has 0 aliphatic rings. The minimum absolute atomic E-state index is 0.104. The molecule has 0 fully saturated rings. The molecule has 0 atom stereocenters. The highest BCUT2D eigenvalue weighted by Gasteiger charge is 2.09. The van der Waals surface area contributed by atoms with Crippen molar-refractivity contribution < 1.29 is 13.5 Å². The zero-order valence-corrected chi connectivity index (χ0v) is 11.6. The highest BCUT2D eigenvalue weighted by atomic mass is 35.5. The molecule has 2 rings (SSSR count). The number of hydrogen-bond acceptors (Lipinski definition) is 3. The Morgan fingerprint density at radius 1 is 1.24 bits per heavy atom. The van der Waals surface area contributed by atoms with Crippen LogP contribution >= 0.6 is 11.6 Å². The third-order valence-electron chi connectivity index (χ3n) is 2.76. The van der Waals surface area contributed by atoms with Crippen LogP contribution in [0.15, 0.2) is 42.5 Å². The summed E-state index contributed by atoms with van der Waals surface area (Å²) in [5, 5.41) is 12.5. The molecule has 1 N–H and O–H groups in total. The van der Waals surface area contributed by atoms with Gasteiger partial charge in [-0.15, -0.1) is 0 Å². The van der Waals surface area contributed by atoms with Gasteiger partial charge in [0.2, 0.25) is 0 Å². The van der Waals surface area contributed by atoms with Crippen molar-refractivity contribution in [1.82, 2.24) is 0 Å². The molecule has 0 heterocycles. The summed E-state index contributed by atoms with van der Waals surface area (Å²) in [7, 11) is 0. The Morgan fingerprint density at radius 2 is 2.00 bits per heavy atom. The summed E-state index contributed by atoms with van der Waals surface area (Å²) in [6.07, 6.45) is 0. The summed E-state index contributed by atoms with van der Waals surface area (Å²) in [6, 6.07) is 13.3. The molecule has 0 aliphatic heterocycles. The number of para-hydroxylation sites is 1. The first-order valence-electron chi connectivity index (χ1n) is 6.06. The molecular weight excluding hydrogens is 298 g/mol. The van der Waals surface area contributed by atoms with E-state index in [2.05, 4.69) is 10.1 Å². The van der Waals surface area contributed by atoms with Gasteiger partial charge in [0.1, 0.15) is 11.8 Å². The van der Waals surface area contributed by atoms with Gasteiger partial charge >= 0.3 is 6.61 Å². The van der Waals surface area contributed by atoms with E-state index >= 15 is 0 Å². The van der Waals surface area contributed by atoms with Gasteiger partial charge in [0.15, 0.2) is 0 Å². The molecule has 2 aromatic rings. The van der Waals surface area contributed by atoms with Gasteiger partial charge in [-0.1, -0.05) is 29.8 Å². The molecule has 108 valence electrons. The molecule has 0 saturated heterocycles. The van der Waals surface area contributed by atoms with Crippen LogP contribution in [0.3, 0.4) is 0 Å².